The third-order valence-corrected chi connectivity index (χ3v) is 3.07. The summed E-state index contributed by atoms with van der Waals surface area (Å²) in [6, 6.07) is 9.72. The smallest absolute Gasteiger partial charge is 0.142 e. The van der Waals surface area contributed by atoms with Crippen molar-refractivity contribution in [1.82, 2.24) is 0 Å². The van der Waals surface area contributed by atoms with Crippen LogP contribution in [0.4, 0.5) is 14.5 Å². The van der Waals surface area contributed by atoms with Crippen molar-refractivity contribution in [1.29, 1.82) is 5.26 Å². The van der Waals surface area contributed by atoms with Gasteiger partial charge in [0.2, 0.25) is 0 Å². The van der Waals surface area contributed by atoms with Gasteiger partial charge < -0.3 is 5.32 Å². The van der Waals surface area contributed by atoms with Crippen LogP contribution in [0.2, 0.25) is 5.02 Å². The molecule has 2 rings (SSSR count). The Kier molecular flexibility index (Phi) is 4.21. The minimum absolute atomic E-state index is 0.00737. The van der Waals surface area contributed by atoms with E-state index in [2.05, 4.69) is 5.32 Å². The minimum Gasteiger partial charge on any atom is -0.366 e. The van der Waals surface area contributed by atoms with Crippen LogP contribution in [-0.4, -0.2) is 0 Å². The van der Waals surface area contributed by atoms with Crippen molar-refractivity contribution in [3.8, 4) is 6.07 Å². The topological polar surface area (TPSA) is 35.8 Å². The first-order chi connectivity index (χ1) is 9.49. The average Bonchev–Trinajstić information content (AvgIpc) is 2.38. The molecule has 0 aliphatic heterocycles. The van der Waals surface area contributed by atoms with Gasteiger partial charge in [0.25, 0.3) is 0 Å². The maximum Gasteiger partial charge on any atom is 0.142 e. The van der Waals surface area contributed by atoms with E-state index < -0.39 is 17.7 Å². The monoisotopic (exact) mass is 292 g/mol. The first-order valence-electron chi connectivity index (χ1n) is 5.88. The van der Waals surface area contributed by atoms with Crippen LogP contribution in [0.15, 0.2) is 36.4 Å². The molecule has 0 aromatic heterocycles. The molecule has 20 heavy (non-hydrogen) atoms. The van der Waals surface area contributed by atoms with E-state index in [0.717, 1.165) is 5.56 Å². The Morgan fingerprint density at radius 1 is 1.20 bits per heavy atom. The molecule has 1 atom stereocenters. The average molecular weight is 293 g/mol. The predicted molar refractivity (Wildman–Crippen MR) is 74.5 cm³/mol. The lowest BCUT2D eigenvalue weighted by Crippen LogP contribution is -2.09. The van der Waals surface area contributed by atoms with E-state index in [4.69, 9.17) is 11.6 Å². The maximum absolute atomic E-state index is 13.4. The quantitative estimate of drug-likeness (QED) is 0.897. The van der Waals surface area contributed by atoms with E-state index in [1.807, 2.05) is 6.07 Å². The Morgan fingerprint density at radius 2 is 1.95 bits per heavy atom. The third kappa shape index (κ3) is 3.25. The highest BCUT2D eigenvalue weighted by Crippen LogP contribution is 2.24. The molecule has 0 amide bonds. The standard InChI is InChI=1S/C15H11ClF2N2/c1-9-4-11(17)7-12(5-9)20-15(8-19)10-2-3-13(16)14(18)6-10/h2-7,15,20H,1H3. The van der Waals surface area contributed by atoms with Gasteiger partial charge in [-0.25, -0.2) is 8.78 Å². The van der Waals surface area contributed by atoms with Crippen molar-refractivity contribution in [3.05, 3.63) is 64.2 Å². The van der Waals surface area contributed by atoms with Crippen LogP contribution in [-0.2, 0) is 0 Å². The fraction of sp³-hybridized carbons (Fsp3) is 0.133. The highest BCUT2D eigenvalue weighted by atomic mass is 35.5. The Hall–Kier alpha value is -2.12. The predicted octanol–water partition coefficient (Wildman–Crippen LogP) is 4.60. The highest BCUT2D eigenvalue weighted by molar-refractivity contribution is 6.30. The van der Waals surface area contributed by atoms with Crippen molar-refractivity contribution >= 4 is 17.3 Å². The lowest BCUT2D eigenvalue weighted by Gasteiger charge is -2.14. The second kappa shape index (κ2) is 5.89. The van der Waals surface area contributed by atoms with Crippen molar-refractivity contribution in [2.24, 2.45) is 0 Å². The molecule has 0 saturated heterocycles. The van der Waals surface area contributed by atoms with Gasteiger partial charge in [0.05, 0.1) is 11.1 Å². The van der Waals surface area contributed by atoms with E-state index in [0.29, 0.717) is 11.3 Å². The zero-order valence-corrected chi connectivity index (χ0v) is 11.4. The van der Waals surface area contributed by atoms with Gasteiger partial charge in [0.15, 0.2) is 0 Å². The summed E-state index contributed by atoms with van der Waals surface area (Å²) < 4.78 is 26.7. The van der Waals surface area contributed by atoms with E-state index in [1.165, 1.54) is 24.3 Å². The van der Waals surface area contributed by atoms with Gasteiger partial charge in [-0.15, -0.1) is 0 Å². The molecule has 1 N–H and O–H groups in total. The summed E-state index contributed by atoms with van der Waals surface area (Å²) in [7, 11) is 0. The molecule has 0 fully saturated rings. The van der Waals surface area contributed by atoms with E-state index in [9.17, 15) is 14.0 Å². The third-order valence-electron chi connectivity index (χ3n) is 2.76. The number of benzene rings is 2. The van der Waals surface area contributed by atoms with Gasteiger partial charge >= 0.3 is 0 Å². The summed E-state index contributed by atoms with van der Waals surface area (Å²) in [6.45, 7) is 1.75. The van der Waals surface area contributed by atoms with Gasteiger partial charge in [0, 0.05) is 5.69 Å². The highest BCUT2D eigenvalue weighted by Gasteiger charge is 2.13. The molecule has 0 bridgehead atoms. The Labute approximate surface area is 120 Å². The van der Waals surface area contributed by atoms with Crippen molar-refractivity contribution in [2.75, 3.05) is 5.32 Å². The molecule has 2 aromatic rings. The lowest BCUT2D eigenvalue weighted by atomic mass is 10.1. The van der Waals surface area contributed by atoms with E-state index >= 15 is 0 Å². The van der Waals surface area contributed by atoms with Crippen molar-refractivity contribution < 1.29 is 8.78 Å². The largest absolute Gasteiger partial charge is 0.366 e. The normalized spacial score (nSPS) is 11.8. The van der Waals surface area contributed by atoms with Gasteiger partial charge in [-0.2, -0.15) is 5.26 Å². The van der Waals surface area contributed by atoms with Gasteiger partial charge in [0.1, 0.15) is 17.7 Å². The Morgan fingerprint density at radius 3 is 2.55 bits per heavy atom. The number of aryl methyl sites for hydroxylation is 1. The fourth-order valence-electron chi connectivity index (χ4n) is 1.87. The molecule has 102 valence electrons. The summed E-state index contributed by atoms with van der Waals surface area (Å²) in [6.07, 6.45) is 0. The Bertz CT molecular complexity index is 660. The number of hydrogen-bond donors (Lipinski definition) is 1. The van der Waals surface area contributed by atoms with Crippen LogP contribution in [0, 0.1) is 29.9 Å². The molecule has 0 radical (unpaired) electrons. The van der Waals surface area contributed by atoms with Gasteiger partial charge in [-0.1, -0.05) is 17.7 Å². The van der Waals surface area contributed by atoms with E-state index in [-0.39, 0.29) is 5.02 Å². The van der Waals surface area contributed by atoms with E-state index in [1.54, 1.807) is 19.1 Å². The number of halogens is 3. The molecule has 0 heterocycles. The zero-order chi connectivity index (χ0) is 14.7. The molecule has 2 nitrogen and oxygen atoms in total. The number of nitriles is 1. The number of anilines is 1. The van der Waals surface area contributed by atoms with Crippen LogP contribution in [0.25, 0.3) is 0 Å². The summed E-state index contributed by atoms with van der Waals surface area (Å²) in [5, 5.41) is 12.0. The van der Waals surface area contributed by atoms with Crippen LogP contribution < -0.4 is 5.32 Å². The van der Waals surface area contributed by atoms with Crippen LogP contribution in [0.3, 0.4) is 0 Å². The van der Waals surface area contributed by atoms with Crippen molar-refractivity contribution in [3.63, 3.8) is 0 Å². The molecule has 0 spiro atoms. The molecule has 0 aliphatic rings. The van der Waals surface area contributed by atoms with Crippen LogP contribution in [0.1, 0.15) is 17.2 Å². The van der Waals surface area contributed by atoms with Crippen LogP contribution in [0.5, 0.6) is 0 Å². The number of hydrogen-bond acceptors (Lipinski definition) is 2. The van der Waals surface area contributed by atoms with Gasteiger partial charge in [-0.3, -0.25) is 0 Å². The summed E-state index contributed by atoms with van der Waals surface area (Å²) in [4.78, 5) is 0. The zero-order valence-electron chi connectivity index (χ0n) is 10.6. The van der Waals surface area contributed by atoms with Crippen molar-refractivity contribution in [2.45, 2.75) is 13.0 Å². The second-order valence-corrected chi connectivity index (χ2v) is 4.80. The lowest BCUT2D eigenvalue weighted by molar-refractivity contribution is 0.624. The summed E-state index contributed by atoms with van der Waals surface area (Å²) in [5.74, 6) is -0.992. The first-order valence-corrected chi connectivity index (χ1v) is 6.25. The molecular formula is C15H11ClF2N2. The number of nitrogens with zero attached hydrogens (tertiary/aromatic N) is 1. The maximum atomic E-state index is 13.4. The summed E-state index contributed by atoms with van der Waals surface area (Å²) >= 11 is 5.60. The molecule has 1 unspecified atom stereocenters. The Balaban J connectivity index is 2.29. The minimum atomic E-state index is -0.789. The number of nitrogens with one attached hydrogen (secondary N) is 1. The number of rotatable bonds is 3. The van der Waals surface area contributed by atoms with Gasteiger partial charge in [-0.05, 0) is 48.4 Å². The molecule has 5 heteroatoms. The molecular weight excluding hydrogens is 282 g/mol. The molecule has 0 saturated carbocycles. The molecule has 2 aromatic carbocycles. The molecule has 0 aliphatic carbocycles. The second-order valence-electron chi connectivity index (χ2n) is 4.40. The summed E-state index contributed by atoms with van der Waals surface area (Å²) in [5.41, 5.74) is 1.62. The van der Waals surface area contributed by atoms with Crippen LogP contribution >= 0.6 is 11.6 Å². The first kappa shape index (κ1) is 14.3. The SMILES string of the molecule is Cc1cc(F)cc(NC(C#N)c2ccc(Cl)c(F)c2)c1. The fourth-order valence-corrected chi connectivity index (χ4v) is 1.99.